The van der Waals surface area contributed by atoms with Crippen LogP contribution in [0.25, 0.3) is 0 Å². The van der Waals surface area contributed by atoms with Crippen LogP contribution in [0.1, 0.15) is 23.9 Å². The number of hydrazone groups is 1. The Bertz CT molecular complexity index is 1410. The zero-order valence-electron chi connectivity index (χ0n) is 21.5. The summed E-state index contributed by atoms with van der Waals surface area (Å²) in [7, 11) is 0. The predicted molar refractivity (Wildman–Crippen MR) is 157 cm³/mol. The van der Waals surface area contributed by atoms with Gasteiger partial charge in [0.15, 0.2) is 11.0 Å². The molecule has 0 aliphatic rings. The molecule has 2 N–H and O–H groups in total. The van der Waals surface area contributed by atoms with Gasteiger partial charge in [0.05, 0.1) is 18.0 Å². The van der Waals surface area contributed by atoms with Gasteiger partial charge < -0.3 is 14.6 Å². The molecule has 0 aliphatic carbocycles. The molecule has 4 aromatic rings. The molecule has 1 aromatic heterocycles. The zero-order valence-corrected chi connectivity index (χ0v) is 23.0. The quantitative estimate of drug-likeness (QED) is 0.0909. The summed E-state index contributed by atoms with van der Waals surface area (Å²) in [5.74, 6) is 1.15. The monoisotopic (exact) mass is 560 g/mol. The van der Waals surface area contributed by atoms with Crippen LogP contribution < -0.4 is 15.5 Å². The molecule has 0 fully saturated rings. The number of nitrogens with zero attached hydrogens (tertiary/aromatic N) is 4. The van der Waals surface area contributed by atoms with E-state index in [0.29, 0.717) is 35.6 Å². The highest BCUT2D eigenvalue weighted by Gasteiger charge is 2.19. The van der Waals surface area contributed by atoms with E-state index in [2.05, 4.69) is 32.6 Å². The number of allylic oxidation sites excluding steroid dienone is 1. The number of carbonyl (C=O) groups is 1. The first-order valence-electron chi connectivity index (χ1n) is 12.3. The molecular formula is C29H29ClN6O2S. The summed E-state index contributed by atoms with van der Waals surface area (Å²) < 4.78 is 7.88. The molecule has 1 heterocycles. The largest absolute Gasteiger partial charge is 0.488 e. The number of ether oxygens (including phenoxy) is 1. The van der Waals surface area contributed by atoms with E-state index in [1.54, 1.807) is 19.2 Å². The first-order valence-corrected chi connectivity index (χ1v) is 13.6. The number of hydrogen-bond donors (Lipinski definition) is 2. The normalized spacial score (nSPS) is 11.7. The van der Waals surface area contributed by atoms with Crippen molar-refractivity contribution < 1.29 is 9.53 Å². The van der Waals surface area contributed by atoms with Crippen molar-refractivity contribution in [3.63, 3.8) is 0 Å². The summed E-state index contributed by atoms with van der Waals surface area (Å²) >= 11 is 7.26. The third kappa shape index (κ3) is 8.20. The number of amides is 1. The lowest BCUT2D eigenvalue weighted by molar-refractivity contribution is -0.120. The van der Waals surface area contributed by atoms with Gasteiger partial charge in [-0.05, 0) is 48.9 Å². The Morgan fingerprint density at radius 2 is 1.85 bits per heavy atom. The predicted octanol–water partition coefficient (Wildman–Crippen LogP) is 5.94. The number of hydrogen-bond acceptors (Lipinski definition) is 7. The highest BCUT2D eigenvalue weighted by molar-refractivity contribution is 8.00. The number of para-hydroxylation sites is 1. The first kappa shape index (κ1) is 27.9. The molecule has 4 rings (SSSR count). The maximum Gasteiger partial charge on any atom is 0.253 e. The lowest BCUT2D eigenvalue weighted by atomic mass is 10.2. The van der Waals surface area contributed by atoms with Crippen molar-refractivity contribution in [1.29, 1.82) is 0 Å². The van der Waals surface area contributed by atoms with Crippen LogP contribution in [0.15, 0.2) is 102 Å². The third-order valence-electron chi connectivity index (χ3n) is 5.59. The Labute approximate surface area is 237 Å². The van der Waals surface area contributed by atoms with Crippen LogP contribution in [0.3, 0.4) is 0 Å². The SMILES string of the molecule is C=CCn1c(CNc2ccc(Cl)cc2)nnc1S[C@H](C)C(=O)N/N=C\c1ccccc1OCc1ccccc1. The fourth-order valence-electron chi connectivity index (χ4n) is 3.52. The average Bonchev–Trinajstić information content (AvgIpc) is 3.33. The summed E-state index contributed by atoms with van der Waals surface area (Å²) in [6.07, 6.45) is 3.35. The van der Waals surface area contributed by atoms with Gasteiger partial charge in [0.2, 0.25) is 0 Å². The number of rotatable bonds is 13. The molecule has 0 aliphatic heterocycles. The maximum absolute atomic E-state index is 12.8. The lowest BCUT2D eigenvalue weighted by Gasteiger charge is -2.12. The molecule has 0 saturated heterocycles. The number of anilines is 1. The van der Waals surface area contributed by atoms with Gasteiger partial charge in [-0.3, -0.25) is 4.79 Å². The molecule has 200 valence electrons. The standard InChI is InChI=1S/C29H29ClN6O2S/c1-3-17-36-27(19-31-25-15-13-24(30)14-16-25)33-35-29(36)39-21(2)28(37)34-32-18-23-11-7-8-12-26(23)38-20-22-9-5-4-6-10-22/h3-16,18,21,31H,1,17,19-20H2,2H3,(H,34,37)/b32-18-/t21-/m1/s1. The topological polar surface area (TPSA) is 93.4 Å². The molecule has 1 amide bonds. The van der Waals surface area contributed by atoms with Crippen molar-refractivity contribution in [2.45, 2.75) is 37.0 Å². The van der Waals surface area contributed by atoms with E-state index in [4.69, 9.17) is 16.3 Å². The van der Waals surface area contributed by atoms with Gasteiger partial charge in [-0.1, -0.05) is 71.9 Å². The first-order chi connectivity index (χ1) is 19.0. The van der Waals surface area contributed by atoms with Gasteiger partial charge in [0.1, 0.15) is 12.4 Å². The van der Waals surface area contributed by atoms with Gasteiger partial charge in [0.25, 0.3) is 5.91 Å². The molecule has 0 bridgehead atoms. The van der Waals surface area contributed by atoms with Crippen molar-refractivity contribution >= 4 is 41.2 Å². The third-order valence-corrected chi connectivity index (χ3v) is 6.92. The molecular weight excluding hydrogens is 532 g/mol. The van der Waals surface area contributed by atoms with Crippen molar-refractivity contribution in [3.8, 4) is 5.75 Å². The number of halogens is 1. The number of nitrogens with one attached hydrogen (secondary N) is 2. The molecule has 1 atom stereocenters. The summed E-state index contributed by atoms with van der Waals surface area (Å²) in [5.41, 5.74) is 5.36. The smallest absolute Gasteiger partial charge is 0.253 e. The Kier molecular flexibility index (Phi) is 10.2. The second-order valence-electron chi connectivity index (χ2n) is 8.46. The Morgan fingerprint density at radius 1 is 1.10 bits per heavy atom. The number of carbonyl (C=O) groups excluding carboxylic acids is 1. The Morgan fingerprint density at radius 3 is 2.62 bits per heavy atom. The average molecular weight is 561 g/mol. The van der Waals surface area contributed by atoms with Crippen molar-refractivity contribution in [2.24, 2.45) is 5.10 Å². The number of aromatic nitrogens is 3. The minimum atomic E-state index is -0.462. The minimum absolute atomic E-state index is 0.257. The van der Waals surface area contributed by atoms with Gasteiger partial charge in [-0.15, -0.1) is 16.8 Å². The van der Waals surface area contributed by atoms with Crippen LogP contribution in [-0.4, -0.2) is 32.1 Å². The summed E-state index contributed by atoms with van der Waals surface area (Å²) in [5, 5.41) is 16.9. The van der Waals surface area contributed by atoms with E-state index in [9.17, 15) is 4.79 Å². The van der Waals surface area contributed by atoms with E-state index in [1.165, 1.54) is 11.8 Å². The molecule has 0 spiro atoms. The second-order valence-corrected chi connectivity index (χ2v) is 10.2. The number of thioether (sulfide) groups is 1. The van der Waals surface area contributed by atoms with Crippen molar-refractivity contribution in [2.75, 3.05) is 5.32 Å². The molecule has 0 radical (unpaired) electrons. The van der Waals surface area contributed by atoms with Crippen LogP contribution >= 0.6 is 23.4 Å². The second kappa shape index (κ2) is 14.2. The van der Waals surface area contributed by atoms with Crippen molar-refractivity contribution in [3.05, 3.63) is 113 Å². The van der Waals surface area contributed by atoms with E-state index in [1.807, 2.05) is 83.4 Å². The van der Waals surface area contributed by atoms with Gasteiger partial charge in [0, 0.05) is 22.8 Å². The molecule has 8 nitrogen and oxygen atoms in total. The summed E-state index contributed by atoms with van der Waals surface area (Å²) in [6, 6.07) is 24.9. The fourth-order valence-corrected chi connectivity index (χ4v) is 4.52. The van der Waals surface area contributed by atoms with E-state index >= 15 is 0 Å². The Hall–Kier alpha value is -4.08. The molecule has 10 heteroatoms. The van der Waals surface area contributed by atoms with Crippen LogP contribution in [0, 0.1) is 0 Å². The molecule has 39 heavy (non-hydrogen) atoms. The lowest BCUT2D eigenvalue weighted by Crippen LogP contribution is -2.27. The molecule has 0 saturated carbocycles. The van der Waals surface area contributed by atoms with E-state index in [-0.39, 0.29) is 5.91 Å². The molecule has 0 unspecified atom stereocenters. The van der Waals surface area contributed by atoms with Crippen LogP contribution in [0.4, 0.5) is 5.69 Å². The van der Waals surface area contributed by atoms with Gasteiger partial charge in [-0.2, -0.15) is 5.10 Å². The minimum Gasteiger partial charge on any atom is -0.488 e. The van der Waals surface area contributed by atoms with Crippen molar-refractivity contribution in [1.82, 2.24) is 20.2 Å². The highest BCUT2D eigenvalue weighted by atomic mass is 35.5. The zero-order chi connectivity index (χ0) is 27.5. The van der Waals surface area contributed by atoms with Crippen LogP contribution in [0.2, 0.25) is 5.02 Å². The maximum atomic E-state index is 12.8. The highest BCUT2D eigenvalue weighted by Crippen LogP contribution is 2.23. The van der Waals surface area contributed by atoms with E-state index in [0.717, 1.165) is 22.6 Å². The molecule has 3 aromatic carbocycles. The Balaban J connectivity index is 1.33. The summed E-state index contributed by atoms with van der Waals surface area (Å²) in [6.45, 7) is 7.04. The number of benzene rings is 3. The van der Waals surface area contributed by atoms with Gasteiger partial charge in [-0.25, -0.2) is 5.43 Å². The van der Waals surface area contributed by atoms with Gasteiger partial charge >= 0.3 is 0 Å². The summed E-state index contributed by atoms with van der Waals surface area (Å²) in [4.78, 5) is 12.8. The van der Waals surface area contributed by atoms with Crippen LogP contribution in [0.5, 0.6) is 5.75 Å². The van der Waals surface area contributed by atoms with Crippen LogP contribution in [-0.2, 0) is 24.5 Å². The fraction of sp³-hybridized carbons (Fsp3) is 0.172. The van der Waals surface area contributed by atoms with E-state index < -0.39 is 5.25 Å².